The molecule has 3 nitrogen and oxygen atoms in total. The first-order chi connectivity index (χ1) is 10.7. The van der Waals surface area contributed by atoms with Crippen LogP contribution in [-0.4, -0.2) is 18.4 Å². The van der Waals surface area contributed by atoms with Crippen LogP contribution in [0.25, 0.3) is 0 Å². The summed E-state index contributed by atoms with van der Waals surface area (Å²) in [6.07, 6.45) is -0.158. The standard InChI is InChI=1S/C19H23NO2/c1-14-15(2)22-19(21-13-16-9-5-3-6-10-16)18(20-14)17-11-7-4-8-12-17/h3-12,14-15,18-20H,13H2,1-2H3/t14?,15?,18-,19-/m0/s1. The van der Waals surface area contributed by atoms with Gasteiger partial charge in [0.25, 0.3) is 0 Å². The molecule has 0 spiro atoms. The van der Waals surface area contributed by atoms with Crippen molar-refractivity contribution in [3.63, 3.8) is 0 Å². The van der Waals surface area contributed by atoms with Gasteiger partial charge in [0.15, 0.2) is 6.29 Å². The highest BCUT2D eigenvalue weighted by atomic mass is 16.7. The maximum atomic E-state index is 6.10. The van der Waals surface area contributed by atoms with E-state index in [1.807, 2.05) is 36.4 Å². The van der Waals surface area contributed by atoms with Crippen LogP contribution in [0.4, 0.5) is 0 Å². The van der Waals surface area contributed by atoms with E-state index in [2.05, 4.69) is 43.4 Å². The second-order valence-corrected chi connectivity index (χ2v) is 5.85. The Morgan fingerprint density at radius 3 is 2.27 bits per heavy atom. The van der Waals surface area contributed by atoms with E-state index in [-0.39, 0.29) is 18.4 Å². The zero-order valence-electron chi connectivity index (χ0n) is 13.1. The molecule has 1 aliphatic rings. The summed E-state index contributed by atoms with van der Waals surface area (Å²) in [5.41, 5.74) is 2.35. The van der Waals surface area contributed by atoms with Crippen molar-refractivity contribution in [2.45, 2.75) is 44.9 Å². The average Bonchev–Trinajstić information content (AvgIpc) is 2.57. The van der Waals surface area contributed by atoms with Crippen LogP contribution in [0.5, 0.6) is 0 Å². The predicted octanol–water partition coefficient (Wildman–Crippen LogP) is 3.67. The van der Waals surface area contributed by atoms with Crippen LogP contribution in [0.1, 0.15) is 31.0 Å². The molecular formula is C19H23NO2. The van der Waals surface area contributed by atoms with Crippen molar-refractivity contribution in [1.29, 1.82) is 0 Å². The van der Waals surface area contributed by atoms with E-state index in [4.69, 9.17) is 9.47 Å². The molecule has 0 saturated carbocycles. The van der Waals surface area contributed by atoms with Crippen LogP contribution in [0.15, 0.2) is 60.7 Å². The highest BCUT2D eigenvalue weighted by molar-refractivity contribution is 5.20. The Kier molecular flexibility index (Phi) is 4.88. The number of hydrogen-bond donors (Lipinski definition) is 1. The van der Waals surface area contributed by atoms with E-state index in [1.165, 1.54) is 5.56 Å². The van der Waals surface area contributed by atoms with Crippen LogP contribution >= 0.6 is 0 Å². The van der Waals surface area contributed by atoms with Gasteiger partial charge in [0.2, 0.25) is 0 Å². The summed E-state index contributed by atoms with van der Waals surface area (Å²) >= 11 is 0. The summed E-state index contributed by atoms with van der Waals surface area (Å²) in [5.74, 6) is 0. The molecule has 1 fully saturated rings. The quantitative estimate of drug-likeness (QED) is 0.934. The molecule has 1 aliphatic heterocycles. The van der Waals surface area contributed by atoms with Gasteiger partial charge in [-0.3, -0.25) is 0 Å². The van der Waals surface area contributed by atoms with Gasteiger partial charge in [-0.1, -0.05) is 60.7 Å². The van der Waals surface area contributed by atoms with Crippen molar-refractivity contribution in [3.8, 4) is 0 Å². The van der Waals surface area contributed by atoms with Gasteiger partial charge in [-0.2, -0.15) is 0 Å². The molecular weight excluding hydrogens is 274 g/mol. The fraction of sp³-hybridized carbons (Fsp3) is 0.368. The molecule has 1 heterocycles. The van der Waals surface area contributed by atoms with E-state index in [0.717, 1.165) is 5.56 Å². The van der Waals surface area contributed by atoms with Crippen LogP contribution < -0.4 is 5.32 Å². The maximum absolute atomic E-state index is 6.10. The lowest BCUT2D eigenvalue weighted by atomic mass is 10.0. The second kappa shape index (κ2) is 7.05. The molecule has 3 heteroatoms. The van der Waals surface area contributed by atoms with Crippen molar-refractivity contribution >= 4 is 0 Å². The lowest BCUT2D eigenvalue weighted by Gasteiger charge is -2.40. The molecule has 1 saturated heterocycles. The lowest BCUT2D eigenvalue weighted by Crippen LogP contribution is -2.52. The fourth-order valence-corrected chi connectivity index (χ4v) is 2.71. The van der Waals surface area contributed by atoms with Crippen molar-refractivity contribution < 1.29 is 9.47 Å². The SMILES string of the molecule is CC1N[C@@H](c2ccccc2)[C@@H](OCc2ccccc2)OC1C. The monoisotopic (exact) mass is 297 g/mol. The van der Waals surface area contributed by atoms with Crippen molar-refractivity contribution in [1.82, 2.24) is 5.32 Å². The lowest BCUT2D eigenvalue weighted by molar-refractivity contribution is -0.218. The Morgan fingerprint density at radius 1 is 0.955 bits per heavy atom. The molecule has 22 heavy (non-hydrogen) atoms. The summed E-state index contributed by atoms with van der Waals surface area (Å²) in [5, 5.41) is 3.62. The van der Waals surface area contributed by atoms with Crippen molar-refractivity contribution in [2.24, 2.45) is 0 Å². The number of ether oxygens (including phenoxy) is 2. The summed E-state index contributed by atoms with van der Waals surface area (Å²) in [6, 6.07) is 20.9. The summed E-state index contributed by atoms with van der Waals surface area (Å²) in [6.45, 7) is 4.78. The van der Waals surface area contributed by atoms with E-state index < -0.39 is 0 Å². The number of hydrogen-bond acceptors (Lipinski definition) is 3. The average molecular weight is 297 g/mol. The third-order valence-electron chi connectivity index (χ3n) is 4.18. The first kappa shape index (κ1) is 15.2. The minimum Gasteiger partial charge on any atom is -0.346 e. The molecule has 2 aromatic rings. The Morgan fingerprint density at radius 2 is 1.59 bits per heavy atom. The van der Waals surface area contributed by atoms with E-state index in [1.54, 1.807) is 0 Å². The Hall–Kier alpha value is -1.68. The smallest absolute Gasteiger partial charge is 0.177 e. The Labute approximate surface area is 132 Å². The van der Waals surface area contributed by atoms with E-state index >= 15 is 0 Å². The molecule has 116 valence electrons. The van der Waals surface area contributed by atoms with Crippen molar-refractivity contribution in [2.75, 3.05) is 0 Å². The molecule has 0 amide bonds. The molecule has 2 aromatic carbocycles. The molecule has 0 aliphatic carbocycles. The third kappa shape index (κ3) is 3.55. The molecule has 2 unspecified atom stereocenters. The maximum Gasteiger partial charge on any atom is 0.177 e. The molecule has 0 aromatic heterocycles. The molecule has 0 bridgehead atoms. The molecule has 4 atom stereocenters. The number of nitrogens with one attached hydrogen (secondary N) is 1. The topological polar surface area (TPSA) is 30.5 Å². The third-order valence-corrected chi connectivity index (χ3v) is 4.18. The van der Waals surface area contributed by atoms with Crippen LogP contribution in [0, 0.1) is 0 Å². The number of benzene rings is 2. The van der Waals surface area contributed by atoms with Gasteiger partial charge < -0.3 is 14.8 Å². The first-order valence-electron chi connectivity index (χ1n) is 7.86. The molecule has 3 rings (SSSR count). The molecule has 1 N–H and O–H groups in total. The normalized spacial score (nSPS) is 28.5. The summed E-state index contributed by atoms with van der Waals surface area (Å²) in [4.78, 5) is 0. The number of morpholine rings is 1. The van der Waals surface area contributed by atoms with Gasteiger partial charge in [-0.25, -0.2) is 0 Å². The van der Waals surface area contributed by atoms with Crippen LogP contribution in [0.3, 0.4) is 0 Å². The van der Waals surface area contributed by atoms with Crippen LogP contribution in [-0.2, 0) is 16.1 Å². The highest BCUT2D eigenvalue weighted by Gasteiger charge is 2.34. The predicted molar refractivity (Wildman–Crippen MR) is 87.3 cm³/mol. The van der Waals surface area contributed by atoms with Gasteiger partial charge in [0.05, 0.1) is 18.8 Å². The van der Waals surface area contributed by atoms with Gasteiger partial charge in [0, 0.05) is 6.04 Å². The zero-order chi connectivity index (χ0) is 15.4. The Bertz CT molecular complexity index is 573. The summed E-state index contributed by atoms with van der Waals surface area (Å²) < 4.78 is 12.2. The van der Waals surface area contributed by atoms with Gasteiger partial charge in [-0.05, 0) is 25.0 Å². The summed E-state index contributed by atoms with van der Waals surface area (Å²) in [7, 11) is 0. The Balaban J connectivity index is 1.73. The van der Waals surface area contributed by atoms with Gasteiger partial charge in [0.1, 0.15) is 0 Å². The largest absolute Gasteiger partial charge is 0.346 e. The van der Waals surface area contributed by atoms with Crippen molar-refractivity contribution in [3.05, 3.63) is 71.8 Å². The second-order valence-electron chi connectivity index (χ2n) is 5.85. The van der Waals surface area contributed by atoms with Gasteiger partial charge in [-0.15, -0.1) is 0 Å². The highest BCUT2D eigenvalue weighted by Crippen LogP contribution is 2.28. The first-order valence-corrected chi connectivity index (χ1v) is 7.86. The van der Waals surface area contributed by atoms with Gasteiger partial charge >= 0.3 is 0 Å². The molecule has 0 radical (unpaired) electrons. The van der Waals surface area contributed by atoms with E-state index in [9.17, 15) is 0 Å². The number of rotatable bonds is 4. The fourth-order valence-electron chi connectivity index (χ4n) is 2.71. The van der Waals surface area contributed by atoms with Crippen LogP contribution in [0.2, 0.25) is 0 Å². The minimum atomic E-state index is -0.284. The van der Waals surface area contributed by atoms with E-state index in [0.29, 0.717) is 12.6 Å². The minimum absolute atomic E-state index is 0.0520. The zero-order valence-corrected chi connectivity index (χ0v) is 13.1.